The SMILES string of the molecule is Clc1cc(-c2cc(Cl)c(Cl)c(Br)c2)cc(Cl)c1Cl. The van der Waals surface area contributed by atoms with Crippen LogP contribution in [-0.4, -0.2) is 0 Å². The fraction of sp³-hybridized carbons (Fsp3) is 0. The third-order valence-corrected chi connectivity index (χ3v) is 5.15. The van der Waals surface area contributed by atoms with Crippen molar-refractivity contribution in [3.63, 3.8) is 0 Å². The highest BCUT2D eigenvalue weighted by Crippen LogP contribution is 2.39. The third-order valence-electron chi connectivity index (χ3n) is 2.30. The molecule has 0 spiro atoms. The van der Waals surface area contributed by atoms with Crippen LogP contribution >= 0.6 is 73.9 Å². The van der Waals surface area contributed by atoms with Gasteiger partial charge in [0.05, 0.1) is 25.1 Å². The first-order chi connectivity index (χ1) is 8.40. The summed E-state index contributed by atoms with van der Waals surface area (Å²) in [7, 11) is 0. The summed E-state index contributed by atoms with van der Waals surface area (Å²) in [6.45, 7) is 0. The normalized spacial score (nSPS) is 10.8. The highest BCUT2D eigenvalue weighted by Gasteiger charge is 2.11. The fourth-order valence-electron chi connectivity index (χ4n) is 1.44. The van der Waals surface area contributed by atoms with Crippen LogP contribution in [0.15, 0.2) is 28.7 Å². The zero-order valence-electron chi connectivity index (χ0n) is 8.58. The molecule has 0 heterocycles. The Kier molecular flexibility index (Phi) is 4.75. The van der Waals surface area contributed by atoms with Gasteiger partial charge in [0.15, 0.2) is 0 Å². The van der Waals surface area contributed by atoms with Crippen LogP contribution in [0.3, 0.4) is 0 Å². The van der Waals surface area contributed by atoms with Gasteiger partial charge in [0.25, 0.3) is 0 Å². The molecule has 0 atom stereocenters. The van der Waals surface area contributed by atoms with Crippen LogP contribution in [0.25, 0.3) is 11.1 Å². The highest BCUT2D eigenvalue weighted by molar-refractivity contribution is 9.10. The van der Waals surface area contributed by atoms with E-state index in [1.807, 2.05) is 6.07 Å². The highest BCUT2D eigenvalue weighted by atomic mass is 79.9. The van der Waals surface area contributed by atoms with Gasteiger partial charge < -0.3 is 0 Å². The van der Waals surface area contributed by atoms with Crippen molar-refractivity contribution in [2.45, 2.75) is 0 Å². The first-order valence-corrected chi connectivity index (χ1v) is 7.38. The maximum absolute atomic E-state index is 6.03. The molecule has 6 heteroatoms. The van der Waals surface area contributed by atoms with Crippen molar-refractivity contribution in [3.05, 3.63) is 53.9 Å². The van der Waals surface area contributed by atoms with Gasteiger partial charge >= 0.3 is 0 Å². The summed E-state index contributed by atoms with van der Waals surface area (Å²) in [6.07, 6.45) is 0. The van der Waals surface area contributed by atoms with Gasteiger partial charge in [-0.25, -0.2) is 0 Å². The van der Waals surface area contributed by atoms with Gasteiger partial charge in [0.1, 0.15) is 0 Å². The first-order valence-electron chi connectivity index (χ1n) is 4.69. The quantitative estimate of drug-likeness (QED) is 0.434. The lowest BCUT2D eigenvalue weighted by Crippen LogP contribution is -1.82. The monoisotopic (exact) mass is 402 g/mol. The molecule has 18 heavy (non-hydrogen) atoms. The molecule has 2 rings (SSSR count). The molecule has 0 radical (unpaired) electrons. The summed E-state index contributed by atoms with van der Waals surface area (Å²) >= 11 is 33.2. The van der Waals surface area contributed by atoms with E-state index >= 15 is 0 Å². The Hall–Kier alpha value is 0.370. The Bertz CT molecular complexity index is 522. The average Bonchev–Trinajstić information content (AvgIpc) is 2.31. The summed E-state index contributed by atoms with van der Waals surface area (Å²) in [4.78, 5) is 0. The minimum absolute atomic E-state index is 0.334. The summed E-state index contributed by atoms with van der Waals surface area (Å²) in [5, 5.41) is 2.03. The molecule has 0 amide bonds. The summed E-state index contributed by atoms with van der Waals surface area (Å²) in [5.41, 5.74) is 1.66. The zero-order chi connectivity index (χ0) is 13.4. The smallest absolute Gasteiger partial charge is 0.0778 e. The average molecular weight is 405 g/mol. The van der Waals surface area contributed by atoms with E-state index in [1.54, 1.807) is 18.2 Å². The molecule has 2 aromatic carbocycles. The molecule has 94 valence electrons. The van der Waals surface area contributed by atoms with E-state index < -0.39 is 0 Å². The molecule has 0 nitrogen and oxygen atoms in total. The zero-order valence-corrected chi connectivity index (χ0v) is 13.9. The molecule has 0 aromatic heterocycles. The molecule has 0 aliphatic rings. The van der Waals surface area contributed by atoms with Gasteiger partial charge in [-0.3, -0.25) is 0 Å². The Balaban J connectivity index is 2.63. The predicted octanol–water partition coefficient (Wildman–Crippen LogP) is 7.38. The number of hydrogen-bond donors (Lipinski definition) is 0. The van der Waals surface area contributed by atoms with Gasteiger partial charge in [0.2, 0.25) is 0 Å². The van der Waals surface area contributed by atoms with Crippen LogP contribution in [-0.2, 0) is 0 Å². The number of rotatable bonds is 1. The largest absolute Gasteiger partial charge is 0.0826 e. The molecule has 0 saturated heterocycles. The maximum atomic E-state index is 6.03. The van der Waals surface area contributed by atoms with E-state index in [0.717, 1.165) is 11.1 Å². The standard InChI is InChI=1S/C12H4BrCl5/c13-7-1-5(2-8(14)11(7)17)6-3-9(15)12(18)10(16)4-6/h1-4H. The second-order valence-electron chi connectivity index (χ2n) is 3.51. The summed E-state index contributed by atoms with van der Waals surface area (Å²) < 4.78 is 0.703. The van der Waals surface area contributed by atoms with E-state index in [1.165, 1.54) is 0 Å². The lowest BCUT2D eigenvalue weighted by molar-refractivity contribution is 1.59. The van der Waals surface area contributed by atoms with E-state index in [-0.39, 0.29) is 0 Å². The van der Waals surface area contributed by atoms with Crippen molar-refractivity contribution in [2.24, 2.45) is 0 Å². The van der Waals surface area contributed by atoms with E-state index in [2.05, 4.69) is 15.9 Å². The lowest BCUT2D eigenvalue weighted by Gasteiger charge is -2.08. The molecule has 0 bridgehead atoms. The van der Waals surface area contributed by atoms with Crippen LogP contribution in [0, 0.1) is 0 Å². The topological polar surface area (TPSA) is 0 Å². The molecule has 0 fully saturated rings. The van der Waals surface area contributed by atoms with Crippen molar-refractivity contribution in [1.29, 1.82) is 0 Å². The maximum Gasteiger partial charge on any atom is 0.0778 e. The molecular weight excluding hydrogens is 401 g/mol. The van der Waals surface area contributed by atoms with Gasteiger partial charge in [0, 0.05) is 4.47 Å². The van der Waals surface area contributed by atoms with Crippen LogP contribution in [0.5, 0.6) is 0 Å². The van der Waals surface area contributed by atoms with Gasteiger partial charge in [-0.05, 0) is 51.3 Å². The Morgan fingerprint density at radius 3 is 1.44 bits per heavy atom. The fourth-order valence-corrected chi connectivity index (χ4v) is 2.94. The number of hydrogen-bond acceptors (Lipinski definition) is 0. The minimum atomic E-state index is 0.334. The van der Waals surface area contributed by atoms with Crippen molar-refractivity contribution >= 4 is 73.9 Å². The Morgan fingerprint density at radius 2 is 1.00 bits per heavy atom. The van der Waals surface area contributed by atoms with E-state index in [4.69, 9.17) is 58.0 Å². The molecule has 0 aliphatic carbocycles. The molecule has 0 N–H and O–H groups in total. The first kappa shape index (κ1) is 14.8. The Morgan fingerprint density at radius 1 is 0.611 bits per heavy atom. The van der Waals surface area contributed by atoms with Gasteiger partial charge in [-0.15, -0.1) is 0 Å². The van der Waals surface area contributed by atoms with E-state index in [9.17, 15) is 0 Å². The summed E-state index contributed by atoms with van der Waals surface area (Å²) in [5.74, 6) is 0. The molecule has 0 unspecified atom stereocenters. The molecule has 0 saturated carbocycles. The molecular formula is C12H4BrCl5. The van der Waals surface area contributed by atoms with Gasteiger partial charge in [-0.1, -0.05) is 58.0 Å². The van der Waals surface area contributed by atoms with Crippen molar-refractivity contribution in [1.82, 2.24) is 0 Å². The van der Waals surface area contributed by atoms with Crippen molar-refractivity contribution in [3.8, 4) is 11.1 Å². The van der Waals surface area contributed by atoms with Crippen LogP contribution in [0.1, 0.15) is 0 Å². The second kappa shape index (κ2) is 5.78. The third kappa shape index (κ3) is 2.92. The minimum Gasteiger partial charge on any atom is -0.0826 e. The predicted molar refractivity (Wildman–Crippen MR) is 84.6 cm³/mol. The second-order valence-corrected chi connectivity index (χ2v) is 6.34. The van der Waals surface area contributed by atoms with Crippen molar-refractivity contribution in [2.75, 3.05) is 0 Å². The lowest BCUT2D eigenvalue weighted by atomic mass is 10.1. The van der Waals surface area contributed by atoms with Crippen molar-refractivity contribution < 1.29 is 0 Å². The van der Waals surface area contributed by atoms with E-state index in [0.29, 0.717) is 29.6 Å². The van der Waals surface area contributed by atoms with Crippen LogP contribution in [0.4, 0.5) is 0 Å². The van der Waals surface area contributed by atoms with Crippen LogP contribution < -0.4 is 0 Å². The Labute approximate surface area is 138 Å². The van der Waals surface area contributed by atoms with Gasteiger partial charge in [-0.2, -0.15) is 0 Å². The molecule has 2 aromatic rings. The molecule has 0 aliphatic heterocycles. The number of halogens is 6. The summed E-state index contributed by atoms with van der Waals surface area (Å²) in [6, 6.07) is 7.03. The number of benzene rings is 2. The van der Waals surface area contributed by atoms with Crippen LogP contribution in [0.2, 0.25) is 25.1 Å².